The maximum Gasteiger partial charge on any atom is 0.226 e. The number of nitriles is 1. The van der Waals surface area contributed by atoms with Gasteiger partial charge < -0.3 is 10.3 Å². The average molecular weight is 284 g/mol. The third-order valence-electron chi connectivity index (χ3n) is 2.89. The molecule has 0 saturated carbocycles. The van der Waals surface area contributed by atoms with Crippen molar-refractivity contribution in [3.8, 4) is 6.07 Å². The van der Waals surface area contributed by atoms with E-state index in [4.69, 9.17) is 16.9 Å². The van der Waals surface area contributed by atoms with Gasteiger partial charge in [-0.1, -0.05) is 12.1 Å². The minimum absolute atomic E-state index is 0.184. The third kappa shape index (κ3) is 2.42. The van der Waals surface area contributed by atoms with Gasteiger partial charge in [0.25, 0.3) is 0 Å². The topological polar surface area (TPSA) is 77.4 Å². The summed E-state index contributed by atoms with van der Waals surface area (Å²) in [6.07, 6.45) is 2.19. The predicted octanol–water partition coefficient (Wildman–Crippen LogP) is 3.42. The van der Waals surface area contributed by atoms with E-state index in [1.807, 2.05) is 30.3 Å². The van der Waals surface area contributed by atoms with Crippen molar-refractivity contribution in [3.63, 3.8) is 0 Å². The van der Waals surface area contributed by atoms with E-state index in [1.54, 1.807) is 6.20 Å². The van der Waals surface area contributed by atoms with Crippen molar-refractivity contribution in [2.75, 3.05) is 5.32 Å². The lowest BCUT2D eigenvalue weighted by Crippen LogP contribution is -1.96. The highest BCUT2D eigenvalue weighted by Crippen LogP contribution is 2.24. The molecule has 3 aromatic rings. The Balaban J connectivity index is 1.93. The van der Waals surface area contributed by atoms with Gasteiger partial charge in [0, 0.05) is 11.9 Å². The van der Waals surface area contributed by atoms with Crippen LogP contribution < -0.4 is 5.32 Å². The number of halogens is 1. The van der Waals surface area contributed by atoms with Gasteiger partial charge in [-0.15, -0.1) is 0 Å². The van der Waals surface area contributed by atoms with E-state index in [0.29, 0.717) is 17.9 Å². The summed E-state index contributed by atoms with van der Waals surface area (Å²) in [5.41, 5.74) is 2.54. The zero-order valence-corrected chi connectivity index (χ0v) is 11.1. The van der Waals surface area contributed by atoms with E-state index in [2.05, 4.69) is 26.3 Å². The summed E-state index contributed by atoms with van der Waals surface area (Å²) in [7, 11) is 0. The number of rotatable bonds is 3. The zero-order valence-electron chi connectivity index (χ0n) is 10.4. The lowest BCUT2D eigenvalue weighted by atomic mass is 10.1. The Morgan fingerprint density at radius 2 is 2.00 bits per heavy atom. The number of H-pyrrole nitrogens is 1. The van der Waals surface area contributed by atoms with Crippen LogP contribution in [0.1, 0.15) is 5.56 Å². The SMILES string of the molecule is N#CCc1ccc(Nc2nc(Cl)nc3[nH]ccc23)cc1. The first-order chi connectivity index (χ1) is 9.76. The van der Waals surface area contributed by atoms with Crippen molar-refractivity contribution < 1.29 is 0 Å². The van der Waals surface area contributed by atoms with Crippen molar-refractivity contribution in [1.29, 1.82) is 5.26 Å². The maximum absolute atomic E-state index is 8.65. The average Bonchev–Trinajstić information content (AvgIpc) is 2.89. The highest BCUT2D eigenvalue weighted by molar-refractivity contribution is 6.28. The summed E-state index contributed by atoms with van der Waals surface area (Å²) < 4.78 is 0. The van der Waals surface area contributed by atoms with Crippen LogP contribution in [0.3, 0.4) is 0 Å². The standard InChI is InChI=1S/C14H10ClN5/c15-14-19-12-11(6-8-17-12)13(20-14)18-10-3-1-9(2-4-10)5-7-16/h1-4,6,8H,5H2,(H2,17,18,19,20). The molecule has 0 spiro atoms. The second-order valence-electron chi connectivity index (χ2n) is 4.24. The van der Waals surface area contributed by atoms with Crippen LogP contribution in [-0.2, 0) is 6.42 Å². The lowest BCUT2D eigenvalue weighted by molar-refractivity contribution is 1.20. The smallest absolute Gasteiger partial charge is 0.226 e. The maximum atomic E-state index is 8.65. The molecule has 2 heterocycles. The number of aromatic amines is 1. The van der Waals surface area contributed by atoms with E-state index in [-0.39, 0.29) is 5.28 Å². The van der Waals surface area contributed by atoms with Crippen LogP contribution in [0.2, 0.25) is 5.28 Å². The zero-order chi connectivity index (χ0) is 13.9. The Morgan fingerprint density at radius 1 is 1.20 bits per heavy atom. The first-order valence-corrected chi connectivity index (χ1v) is 6.37. The van der Waals surface area contributed by atoms with Crippen LogP contribution in [0, 0.1) is 11.3 Å². The quantitative estimate of drug-likeness (QED) is 0.722. The molecule has 0 unspecified atom stereocenters. The van der Waals surface area contributed by atoms with E-state index in [9.17, 15) is 0 Å². The van der Waals surface area contributed by atoms with Crippen LogP contribution in [-0.4, -0.2) is 15.0 Å². The van der Waals surface area contributed by atoms with Crippen LogP contribution in [0.4, 0.5) is 11.5 Å². The molecule has 0 saturated heterocycles. The molecule has 6 heteroatoms. The third-order valence-corrected chi connectivity index (χ3v) is 3.06. The molecular formula is C14H10ClN5. The van der Waals surface area contributed by atoms with Gasteiger partial charge in [0.1, 0.15) is 11.5 Å². The number of hydrogen-bond donors (Lipinski definition) is 2. The molecule has 20 heavy (non-hydrogen) atoms. The predicted molar refractivity (Wildman–Crippen MR) is 77.9 cm³/mol. The number of aromatic nitrogens is 3. The molecule has 0 atom stereocenters. The molecular weight excluding hydrogens is 274 g/mol. The summed E-state index contributed by atoms with van der Waals surface area (Å²) in [4.78, 5) is 11.3. The van der Waals surface area contributed by atoms with Crippen molar-refractivity contribution in [1.82, 2.24) is 15.0 Å². The molecule has 0 bridgehead atoms. The number of nitrogens with zero attached hydrogens (tertiary/aromatic N) is 3. The molecule has 98 valence electrons. The lowest BCUT2D eigenvalue weighted by Gasteiger charge is -2.07. The van der Waals surface area contributed by atoms with Crippen LogP contribution >= 0.6 is 11.6 Å². The first-order valence-electron chi connectivity index (χ1n) is 6.00. The summed E-state index contributed by atoms with van der Waals surface area (Å²) in [6, 6.07) is 11.6. The molecule has 0 aliphatic heterocycles. The Labute approximate surface area is 120 Å². The molecule has 0 radical (unpaired) electrons. The summed E-state index contributed by atoms with van der Waals surface area (Å²) in [5.74, 6) is 0.647. The molecule has 0 aliphatic carbocycles. The summed E-state index contributed by atoms with van der Waals surface area (Å²) in [5, 5.41) is 12.9. The number of anilines is 2. The summed E-state index contributed by atoms with van der Waals surface area (Å²) in [6.45, 7) is 0. The van der Waals surface area contributed by atoms with Gasteiger partial charge in [0.05, 0.1) is 17.9 Å². The Bertz CT molecular complexity index is 785. The van der Waals surface area contributed by atoms with E-state index < -0.39 is 0 Å². The molecule has 5 nitrogen and oxygen atoms in total. The molecule has 2 aromatic heterocycles. The van der Waals surface area contributed by atoms with Crippen LogP contribution in [0.25, 0.3) is 11.0 Å². The molecule has 0 fully saturated rings. The highest BCUT2D eigenvalue weighted by Gasteiger charge is 2.07. The number of nitrogens with one attached hydrogen (secondary N) is 2. The second kappa shape index (κ2) is 5.19. The molecule has 2 N–H and O–H groups in total. The first kappa shape index (κ1) is 12.5. The highest BCUT2D eigenvalue weighted by atomic mass is 35.5. The van der Waals surface area contributed by atoms with Gasteiger partial charge in [0.15, 0.2) is 0 Å². The van der Waals surface area contributed by atoms with Gasteiger partial charge in [-0.25, -0.2) is 0 Å². The van der Waals surface area contributed by atoms with E-state index in [1.165, 1.54) is 0 Å². The minimum atomic E-state index is 0.184. The number of benzene rings is 1. The van der Waals surface area contributed by atoms with Crippen molar-refractivity contribution >= 4 is 34.1 Å². The second-order valence-corrected chi connectivity index (χ2v) is 4.58. The van der Waals surface area contributed by atoms with Crippen molar-refractivity contribution in [2.24, 2.45) is 0 Å². The van der Waals surface area contributed by atoms with Gasteiger partial charge in [0.2, 0.25) is 5.28 Å². The van der Waals surface area contributed by atoms with Gasteiger partial charge in [-0.05, 0) is 35.4 Å². The fraction of sp³-hybridized carbons (Fsp3) is 0.0714. The number of hydrogen-bond acceptors (Lipinski definition) is 4. The van der Waals surface area contributed by atoms with Crippen LogP contribution in [0.5, 0.6) is 0 Å². The van der Waals surface area contributed by atoms with Crippen molar-refractivity contribution in [2.45, 2.75) is 6.42 Å². The summed E-state index contributed by atoms with van der Waals surface area (Å²) >= 11 is 5.90. The monoisotopic (exact) mass is 283 g/mol. The van der Waals surface area contributed by atoms with Gasteiger partial charge in [-0.3, -0.25) is 0 Å². The number of fused-ring (bicyclic) bond motifs is 1. The fourth-order valence-electron chi connectivity index (χ4n) is 1.94. The van der Waals surface area contributed by atoms with Crippen molar-refractivity contribution in [3.05, 3.63) is 47.4 Å². The minimum Gasteiger partial charge on any atom is -0.346 e. The molecule has 0 aliphatic rings. The largest absolute Gasteiger partial charge is 0.346 e. The molecule has 1 aromatic carbocycles. The Kier molecular flexibility index (Phi) is 3.23. The molecule has 3 rings (SSSR count). The normalized spacial score (nSPS) is 10.4. The Morgan fingerprint density at radius 3 is 2.75 bits per heavy atom. The molecule has 0 amide bonds. The van der Waals surface area contributed by atoms with E-state index in [0.717, 1.165) is 16.6 Å². The fourth-order valence-corrected chi connectivity index (χ4v) is 2.11. The van der Waals surface area contributed by atoms with Gasteiger partial charge in [-0.2, -0.15) is 15.2 Å². The van der Waals surface area contributed by atoms with Gasteiger partial charge >= 0.3 is 0 Å². The Hall–Kier alpha value is -2.58. The van der Waals surface area contributed by atoms with Crippen LogP contribution in [0.15, 0.2) is 36.5 Å². The van der Waals surface area contributed by atoms with E-state index >= 15 is 0 Å².